The standard InChI is InChI=1S/C8H11FN2O2S/c1-2-3-11-14(12,13)8-4-7(9)5-10-6-8/h4-6,11H,2-3H2,1H3. The summed E-state index contributed by atoms with van der Waals surface area (Å²) in [5.41, 5.74) is 0. The van der Waals surface area contributed by atoms with Crippen LogP contribution in [0.5, 0.6) is 0 Å². The Bertz CT molecular complexity index is 406. The van der Waals surface area contributed by atoms with Crippen molar-refractivity contribution < 1.29 is 12.8 Å². The van der Waals surface area contributed by atoms with Gasteiger partial charge in [-0.25, -0.2) is 17.5 Å². The number of hydrogen-bond acceptors (Lipinski definition) is 3. The molecule has 0 aliphatic heterocycles. The molecule has 4 nitrogen and oxygen atoms in total. The zero-order valence-electron chi connectivity index (χ0n) is 7.70. The van der Waals surface area contributed by atoms with Crippen molar-refractivity contribution in [1.29, 1.82) is 0 Å². The monoisotopic (exact) mass is 218 g/mol. The minimum atomic E-state index is -3.60. The smallest absolute Gasteiger partial charge is 0.242 e. The van der Waals surface area contributed by atoms with E-state index in [-0.39, 0.29) is 4.90 Å². The fraction of sp³-hybridized carbons (Fsp3) is 0.375. The van der Waals surface area contributed by atoms with Gasteiger partial charge in [-0.15, -0.1) is 0 Å². The number of nitrogens with one attached hydrogen (secondary N) is 1. The van der Waals surface area contributed by atoms with E-state index in [0.29, 0.717) is 13.0 Å². The van der Waals surface area contributed by atoms with Crippen LogP contribution in [0.4, 0.5) is 4.39 Å². The maximum atomic E-state index is 12.7. The molecular weight excluding hydrogens is 207 g/mol. The first-order valence-electron chi connectivity index (χ1n) is 4.16. The van der Waals surface area contributed by atoms with Gasteiger partial charge in [0.05, 0.1) is 6.20 Å². The van der Waals surface area contributed by atoms with Crippen LogP contribution in [0.25, 0.3) is 0 Å². The predicted molar refractivity (Wildman–Crippen MR) is 49.7 cm³/mol. The molecule has 0 saturated heterocycles. The normalized spacial score (nSPS) is 11.6. The van der Waals surface area contributed by atoms with Crippen LogP contribution in [-0.4, -0.2) is 19.9 Å². The number of sulfonamides is 1. The lowest BCUT2D eigenvalue weighted by atomic mass is 10.5. The molecule has 6 heteroatoms. The summed E-state index contributed by atoms with van der Waals surface area (Å²) in [6.07, 6.45) is 2.75. The highest BCUT2D eigenvalue weighted by molar-refractivity contribution is 7.89. The minimum absolute atomic E-state index is 0.147. The third kappa shape index (κ3) is 2.74. The van der Waals surface area contributed by atoms with Gasteiger partial charge < -0.3 is 0 Å². The fourth-order valence-corrected chi connectivity index (χ4v) is 1.97. The summed E-state index contributed by atoms with van der Waals surface area (Å²) in [5.74, 6) is -0.663. The van der Waals surface area contributed by atoms with E-state index in [1.165, 1.54) is 0 Å². The van der Waals surface area contributed by atoms with Crippen molar-refractivity contribution >= 4 is 10.0 Å². The van der Waals surface area contributed by atoms with Gasteiger partial charge in [-0.2, -0.15) is 0 Å². The van der Waals surface area contributed by atoms with Crippen LogP contribution >= 0.6 is 0 Å². The van der Waals surface area contributed by atoms with Crippen molar-refractivity contribution in [3.63, 3.8) is 0 Å². The summed E-state index contributed by atoms with van der Waals surface area (Å²) < 4.78 is 37.8. The molecule has 1 heterocycles. The highest BCUT2D eigenvalue weighted by Crippen LogP contribution is 2.07. The topological polar surface area (TPSA) is 59.1 Å². The average molecular weight is 218 g/mol. The van der Waals surface area contributed by atoms with E-state index in [1.807, 2.05) is 6.92 Å². The SMILES string of the molecule is CCCNS(=O)(=O)c1cncc(F)c1. The van der Waals surface area contributed by atoms with Crippen molar-refractivity contribution in [2.75, 3.05) is 6.54 Å². The number of pyridine rings is 1. The van der Waals surface area contributed by atoms with Gasteiger partial charge >= 0.3 is 0 Å². The van der Waals surface area contributed by atoms with Crippen molar-refractivity contribution in [3.05, 3.63) is 24.3 Å². The summed E-state index contributed by atoms with van der Waals surface area (Å²) >= 11 is 0. The molecule has 1 N–H and O–H groups in total. The van der Waals surface area contributed by atoms with E-state index in [9.17, 15) is 12.8 Å². The quantitative estimate of drug-likeness (QED) is 0.817. The van der Waals surface area contributed by atoms with Crippen LogP contribution in [0.2, 0.25) is 0 Å². The van der Waals surface area contributed by atoms with Crippen LogP contribution in [0.15, 0.2) is 23.4 Å². The first-order valence-corrected chi connectivity index (χ1v) is 5.65. The molecule has 0 radical (unpaired) electrons. The van der Waals surface area contributed by atoms with Gasteiger partial charge in [-0.05, 0) is 12.5 Å². The Hall–Kier alpha value is -1.01. The molecule has 0 spiro atoms. The van der Waals surface area contributed by atoms with Crippen LogP contribution in [0.3, 0.4) is 0 Å². The Balaban J connectivity index is 2.93. The Kier molecular flexibility index (Phi) is 3.54. The lowest BCUT2D eigenvalue weighted by Crippen LogP contribution is -2.24. The molecule has 0 aromatic carbocycles. The molecule has 0 bridgehead atoms. The van der Waals surface area contributed by atoms with E-state index in [4.69, 9.17) is 0 Å². The second-order valence-electron chi connectivity index (χ2n) is 2.74. The molecule has 0 fully saturated rings. The zero-order chi connectivity index (χ0) is 10.6. The average Bonchev–Trinajstić information content (AvgIpc) is 2.15. The van der Waals surface area contributed by atoms with Crippen molar-refractivity contribution in [3.8, 4) is 0 Å². The van der Waals surface area contributed by atoms with E-state index in [2.05, 4.69) is 9.71 Å². The second kappa shape index (κ2) is 4.47. The summed E-state index contributed by atoms with van der Waals surface area (Å²) in [5, 5.41) is 0. The Morgan fingerprint density at radius 1 is 1.50 bits per heavy atom. The maximum Gasteiger partial charge on any atom is 0.242 e. The summed E-state index contributed by atoms with van der Waals surface area (Å²) in [7, 11) is -3.60. The molecule has 0 unspecified atom stereocenters. The number of hydrogen-bond donors (Lipinski definition) is 1. The summed E-state index contributed by atoms with van der Waals surface area (Å²) in [6, 6.07) is 0.936. The predicted octanol–water partition coefficient (Wildman–Crippen LogP) is 0.909. The minimum Gasteiger partial charge on any atom is -0.260 e. The molecule has 14 heavy (non-hydrogen) atoms. The summed E-state index contributed by atoms with van der Waals surface area (Å²) in [4.78, 5) is 3.32. The fourth-order valence-electron chi connectivity index (χ4n) is 0.859. The van der Waals surface area contributed by atoms with Crippen molar-refractivity contribution in [1.82, 2.24) is 9.71 Å². The molecule has 0 saturated carbocycles. The second-order valence-corrected chi connectivity index (χ2v) is 4.50. The Labute approximate surface area is 82.2 Å². The number of nitrogens with zero attached hydrogens (tertiary/aromatic N) is 1. The lowest BCUT2D eigenvalue weighted by Gasteiger charge is -2.04. The van der Waals surface area contributed by atoms with Gasteiger partial charge in [0.25, 0.3) is 0 Å². The maximum absolute atomic E-state index is 12.7. The zero-order valence-corrected chi connectivity index (χ0v) is 8.51. The molecule has 1 aromatic heterocycles. The van der Waals surface area contributed by atoms with Crippen LogP contribution in [0, 0.1) is 5.82 Å². The van der Waals surface area contributed by atoms with Gasteiger partial charge in [0.15, 0.2) is 0 Å². The highest BCUT2D eigenvalue weighted by Gasteiger charge is 2.13. The third-order valence-corrected chi connectivity index (χ3v) is 2.96. The lowest BCUT2D eigenvalue weighted by molar-refractivity contribution is 0.575. The van der Waals surface area contributed by atoms with Gasteiger partial charge in [-0.1, -0.05) is 6.92 Å². The van der Waals surface area contributed by atoms with E-state index < -0.39 is 15.8 Å². The molecule has 0 atom stereocenters. The van der Waals surface area contributed by atoms with E-state index in [0.717, 1.165) is 18.5 Å². The van der Waals surface area contributed by atoms with Crippen LogP contribution < -0.4 is 4.72 Å². The molecule has 1 aromatic rings. The van der Waals surface area contributed by atoms with E-state index >= 15 is 0 Å². The molecule has 0 aliphatic carbocycles. The number of aromatic nitrogens is 1. The van der Waals surface area contributed by atoms with Gasteiger partial charge in [-0.3, -0.25) is 4.98 Å². The van der Waals surface area contributed by atoms with Crippen LogP contribution in [-0.2, 0) is 10.0 Å². The molecule has 1 rings (SSSR count). The van der Waals surface area contributed by atoms with Gasteiger partial charge in [0.2, 0.25) is 10.0 Å². The molecule has 0 amide bonds. The number of halogens is 1. The van der Waals surface area contributed by atoms with Crippen molar-refractivity contribution in [2.24, 2.45) is 0 Å². The van der Waals surface area contributed by atoms with Crippen LogP contribution in [0.1, 0.15) is 13.3 Å². The van der Waals surface area contributed by atoms with E-state index in [1.54, 1.807) is 0 Å². The van der Waals surface area contributed by atoms with Crippen molar-refractivity contribution in [2.45, 2.75) is 18.2 Å². The molecular formula is C8H11FN2O2S. The number of rotatable bonds is 4. The molecule has 78 valence electrons. The van der Waals surface area contributed by atoms with Gasteiger partial charge in [0, 0.05) is 12.7 Å². The molecule has 0 aliphatic rings. The summed E-state index contributed by atoms with van der Waals surface area (Å²) in [6.45, 7) is 2.17. The highest BCUT2D eigenvalue weighted by atomic mass is 32.2. The first-order chi connectivity index (χ1) is 6.56. The Morgan fingerprint density at radius 2 is 2.21 bits per heavy atom. The largest absolute Gasteiger partial charge is 0.260 e. The Morgan fingerprint density at radius 3 is 2.79 bits per heavy atom. The van der Waals surface area contributed by atoms with Gasteiger partial charge in [0.1, 0.15) is 10.7 Å². The third-order valence-electron chi connectivity index (χ3n) is 1.53. The first kappa shape index (κ1) is 11.1.